The fraction of sp³-hybridized carbons (Fsp3) is 0.444. The third kappa shape index (κ3) is 2.91. The number of likely N-dealkylation sites (N-methyl/N-ethyl adjacent to an activating group) is 1. The highest BCUT2D eigenvalue weighted by Gasteiger charge is 2.34. The topological polar surface area (TPSA) is 87.5 Å². The summed E-state index contributed by atoms with van der Waals surface area (Å²) in [5, 5.41) is 7.67. The Balaban J connectivity index is 1.64. The first-order valence-electron chi connectivity index (χ1n) is 8.89. The molecule has 0 saturated heterocycles. The van der Waals surface area contributed by atoms with E-state index in [9.17, 15) is 14.4 Å². The first-order chi connectivity index (χ1) is 12.9. The van der Waals surface area contributed by atoms with E-state index in [0.717, 1.165) is 10.4 Å². The molecule has 9 heteroatoms. The van der Waals surface area contributed by atoms with E-state index in [1.54, 1.807) is 28.9 Å². The Morgan fingerprint density at radius 3 is 2.81 bits per heavy atom. The van der Waals surface area contributed by atoms with Gasteiger partial charge >= 0.3 is 0 Å². The quantitative estimate of drug-likeness (QED) is 0.850. The average molecular weight is 387 g/mol. The predicted molar refractivity (Wildman–Crippen MR) is 101 cm³/mol. The number of amides is 3. The number of rotatable bonds is 2. The van der Waals surface area contributed by atoms with Crippen LogP contribution in [0.15, 0.2) is 12.3 Å². The molecule has 3 amide bonds. The van der Waals surface area contributed by atoms with Crippen molar-refractivity contribution in [3.63, 3.8) is 0 Å². The summed E-state index contributed by atoms with van der Waals surface area (Å²) >= 11 is 1.39. The molecule has 0 spiro atoms. The summed E-state index contributed by atoms with van der Waals surface area (Å²) in [6.45, 7) is 4.99. The molecule has 0 aromatic carbocycles. The van der Waals surface area contributed by atoms with E-state index in [1.807, 2.05) is 13.8 Å². The molecule has 0 radical (unpaired) electrons. The molecule has 2 aromatic rings. The SMILES string of the molecule is CC(C)n1nccc1C(=O)N1CCc2c(sc3c2C(=O)N(C)CC(=O)N3)C1. The lowest BCUT2D eigenvalue weighted by Gasteiger charge is -2.28. The number of nitrogens with one attached hydrogen (secondary N) is 1. The molecule has 2 aliphatic heterocycles. The second-order valence-electron chi connectivity index (χ2n) is 7.15. The Morgan fingerprint density at radius 2 is 2.07 bits per heavy atom. The maximum absolute atomic E-state index is 13.0. The fourth-order valence-electron chi connectivity index (χ4n) is 3.59. The first-order valence-corrected chi connectivity index (χ1v) is 9.71. The van der Waals surface area contributed by atoms with Crippen molar-refractivity contribution in [3.05, 3.63) is 34.0 Å². The summed E-state index contributed by atoms with van der Waals surface area (Å²) in [7, 11) is 1.63. The van der Waals surface area contributed by atoms with Crippen molar-refractivity contribution in [1.82, 2.24) is 19.6 Å². The van der Waals surface area contributed by atoms with E-state index in [2.05, 4.69) is 10.4 Å². The number of hydrogen-bond donors (Lipinski definition) is 1. The number of nitrogens with zero attached hydrogens (tertiary/aromatic N) is 4. The minimum absolute atomic E-state index is 0.0544. The number of carbonyl (C=O) groups is 3. The van der Waals surface area contributed by atoms with Gasteiger partial charge in [0.1, 0.15) is 10.7 Å². The van der Waals surface area contributed by atoms with Gasteiger partial charge in [0.15, 0.2) is 0 Å². The van der Waals surface area contributed by atoms with Crippen LogP contribution in [0.1, 0.15) is 51.2 Å². The van der Waals surface area contributed by atoms with Crippen molar-refractivity contribution in [2.45, 2.75) is 32.9 Å². The minimum atomic E-state index is -0.197. The fourth-order valence-corrected chi connectivity index (χ4v) is 4.86. The lowest BCUT2D eigenvalue weighted by molar-refractivity contribution is -0.116. The van der Waals surface area contributed by atoms with Crippen LogP contribution in [0.3, 0.4) is 0 Å². The van der Waals surface area contributed by atoms with Crippen LogP contribution in [0.5, 0.6) is 0 Å². The van der Waals surface area contributed by atoms with Gasteiger partial charge in [-0.2, -0.15) is 5.10 Å². The number of fused-ring (bicyclic) bond motifs is 3. The lowest BCUT2D eigenvalue weighted by Crippen LogP contribution is -2.37. The van der Waals surface area contributed by atoms with Crippen LogP contribution in [0.4, 0.5) is 5.00 Å². The number of carbonyl (C=O) groups excluding carboxylic acids is 3. The van der Waals surface area contributed by atoms with Crippen molar-refractivity contribution in [2.75, 3.05) is 25.5 Å². The van der Waals surface area contributed by atoms with Gasteiger partial charge in [-0.25, -0.2) is 0 Å². The van der Waals surface area contributed by atoms with Gasteiger partial charge in [0, 0.05) is 30.7 Å². The molecule has 2 aliphatic rings. The van der Waals surface area contributed by atoms with Crippen LogP contribution in [0.25, 0.3) is 0 Å². The Labute approximate surface area is 160 Å². The summed E-state index contributed by atoms with van der Waals surface area (Å²) in [4.78, 5) is 41.8. The molecule has 4 rings (SSSR count). The van der Waals surface area contributed by atoms with Gasteiger partial charge in [0.05, 0.1) is 18.7 Å². The zero-order chi connectivity index (χ0) is 19.3. The number of hydrogen-bond acceptors (Lipinski definition) is 5. The van der Waals surface area contributed by atoms with Crippen LogP contribution in [-0.4, -0.2) is 57.4 Å². The van der Waals surface area contributed by atoms with E-state index in [4.69, 9.17) is 0 Å². The third-order valence-electron chi connectivity index (χ3n) is 4.92. The molecule has 27 heavy (non-hydrogen) atoms. The molecular weight excluding hydrogens is 366 g/mol. The van der Waals surface area contributed by atoms with Crippen LogP contribution in [-0.2, 0) is 17.8 Å². The van der Waals surface area contributed by atoms with Gasteiger partial charge < -0.3 is 15.1 Å². The summed E-state index contributed by atoms with van der Waals surface area (Å²) < 4.78 is 1.72. The molecular formula is C18H21N5O3S. The van der Waals surface area contributed by atoms with Gasteiger partial charge in [-0.1, -0.05) is 0 Å². The number of thiophene rings is 1. The van der Waals surface area contributed by atoms with Crippen LogP contribution < -0.4 is 5.32 Å². The van der Waals surface area contributed by atoms with Gasteiger partial charge in [0.25, 0.3) is 11.8 Å². The molecule has 0 aliphatic carbocycles. The Morgan fingerprint density at radius 1 is 1.30 bits per heavy atom. The Bertz CT molecular complexity index is 945. The largest absolute Gasteiger partial charge is 0.332 e. The zero-order valence-corrected chi connectivity index (χ0v) is 16.3. The average Bonchev–Trinajstić information content (AvgIpc) is 3.21. The van der Waals surface area contributed by atoms with Crippen molar-refractivity contribution < 1.29 is 14.4 Å². The molecule has 2 aromatic heterocycles. The van der Waals surface area contributed by atoms with Crippen molar-refractivity contribution >= 4 is 34.1 Å². The van der Waals surface area contributed by atoms with E-state index in [1.165, 1.54) is 16.2 Å². The first kappa shape index (κ1) is 17.7. The molecule has 8 nitrogen and oxygen atoms in total. The summed E-state index contributed by atoms with van der Waals surface area (Å²) in [5.41, 5.74) is 2.11. The lowest BCUT2D eigenvalue weighted by atomic mass is 10.0. The monoisotopic (exact) mass is 387 g/mol. The summed E-state index contributed by atoms with van der Waals surface area (Å²) in [5.74, 6) is -0.404. The highest BCUT2D eigenvalue weighted by atomic mass is 32.1. The van der Waals surface area contributed by atoms with Gasteiger partial charge in [-0.05, 0) is 31.9 Å². The second-order valence-corrected chi connectivity index (χ2v) is 8.25. The van der Waals surface area contributed by atoms with E-state index in [-0.39, 0.29) is 30.3 Å². The van der Waals surface area contributed by atoms with Gasteiger partial charge in [-0.15, -0.1) is 11.3 Å². The standard InChI is InChI=1S/C18H21N5O3S/c1-10(2)23-12(4-6-19-23)17(25)22-7-5-11-13(8-22)27-16-15(11)18(26)21(3)9-14(24)20-16/h4,6,10H,5,7-9H2,1-3H3,(H,20,24). The molecule has 1 N–H and O–H groups in total. The highest BCUT2D eigenvalue weighted by molar-refractivity contribution is 7.17. The molecule has 0 bridgehead atoms. The molecule has 142 valence electrons. The summed E-state index contributed by atoms with van der Waals surface area (Å²) in [6.07, 6.45) is 2.23. The second kappa shape index (κ2) is 6.49. The maximum atomic E-state index is 13.0. The van der Waals surface area contributed by atoms with Crippen LogP contribution in [0, 0.1) is 0 Å². The van der Waals surface area contributed by atoms with Crippen molar-refractivity contribution in [3.8, 4) is 0 Å². The van der Waals surface area contributed by atoms with E-state index in [0.29, 0.717) is 35.8 Å². The Kier molecular flexibility index (Phi) is 4.26. The van der Waals surface area contributed by atoms with Gasteiger partial charge in [0.2, 0.25) is 5.91 Å². The normalized spacial score (nSPS) is 16.9. The van der Waals surface area contributed by atoms with E-state index >= 15 is 0 Å². The van der Waals surface area contributed by atoms with Crippen molar-refractivity contribution in [1.29, 1.82) is 0 Å². The molecule has 0 fully saturated rings. The zero-order valence-electron chi connectivity index (χ0n) is 15.5. The van der Waals surface area contributed by atoms with E-state index < -0.39 is 0 Å². The molecule has 0 atom stereocenters. The Hall–Kier alpha value is -2.68. The molecule has 0 saturated carbocycles. The highest BCUT2D eigenvalue weighted by Crippen LogP contribution is 2.39. The minimum Gasteiger partial charge on any atom is -0.332 e. The van der Waals surface area contributed by atoms with Gasteiger partial charge in [-0.3, -0.25) is 19.1 Å². The van der Waals surface area contributed by atoms with Crippen molar-refractivity contribution in [2.24, 2.45) is 0 Å². The predicted octanol–water partition coefficient (Wildman–Crippen LogP) is 1.75. The third-order valence-corrected chi connectivity index (χ3v) is 6.05. The molecule has 0 unspecified atom stereocenters. The summed E-state index contributed by atoms with van der Waals surface area (Å²) in [6, 6.07) is 1.83. The molecule has 4 heterocycles. The maximum Gasteiger partial charge on any atom is 0.272 e. The number of aromatic nitrogens is 2. The smallest absolute Gasteiger partial charge is 0.272 e. The van der Waals surface area contributed by atoms with Crippen LogP contribution >= 0.6 is 11.3 Å². The van der Waals surface area contributed by atoms with Crippen LogP contribution in [0.2, 0.25) is 0 Å². The number of anilines is 1.